The number of nitrogens with one attached hydrogen (secondary N) is 1. The van der Waals surface area contributed by atoms with E-state index in [1.54, 1.807) is 18.3 Å². The third-order valence-corrected chi connectivity index (χ3v) is 6.58. The van der Waals surface area contributed by atoms with Crippen LogP contribution in [0, 0.1) is 11.6 Å². The van der Waals surface area contributed by atoms with Crippen LogP contribution in [0.15, 0.2) is 30.5 Å². The van der Waals surface area contributed by atoms with E-state index in [0.29, 0.717) is 40.3 Å². The van der Waals surface area contributed by atoms with Crippen LogP contribution in [0.5, 0.6) is 5.75 Å². The molecule has 7 nitrogen and oxygen atoms in total. The molecule has 0 spiro atoms. The van der Waals surface area contributed by atoms with Crippen molar-refractivity contribution >= 4 is 27.8 Å². The van der Waals surface area contributed by atoms with Crippen LogP contribution < -0.4 is 4.74 Å². The monoisotopic (exact) mass is 469 g/mol. The topological polar surface area (TPSA) is 89.4 Å². The van der Waals surface area contributed by atoms with Crippen molar-refractivity contribution in [2.24, 2.45) is 0 Å². The molecule has 178 valence electrons. The van der Waals surface area contributed by atoms with Gasteiger partial charge in [0, 0.05) is 34.1 Å². The van der Waals surface area contributed by atoms with Gasteiger partial charge in [-0.15, -0.1) is 0 Å². The number of nitrogens with zero attached hydrogens (tertiary/aromatic N) is 2. The molecule has 34 heavy (non-hydrogen) atoms. The number of hydrogen-bond donors (Lipinski definition) is 2. The molecule has 0 radical (unpaired) electrons. The quantitative estimate of drug-likeness (QED) is 0.416. The summed E-state index contributed by atoms with van der Waals surface area (Å²) >= 11 is 0. The van der Waals surface area contributed by atoms with Gasteiger partial charge in [-0.1, -0.05) is 13.8 Å². The van der Waals surface area contributed by atoms with Crippen molar-refractivity contribution in [3.8, 4) is 11.4 Å². The standard InChI is InChI=1S/C25H25F2N3O4/c1-12(2)24-20(13-4-7-18(25(31)32)34-11-13)21-17(8-14-10-28-29-23(14)22(21)27)30(24)15-5-6-16(26)19(9-15)33-3/h5-6,8-10,12-13,18H,4,7,11H2,1-3H3,(H,28,29)(H,31,32)/t13-,18?/m0/s1. The van der Waals surface area contributed by atoms with Crippen LogP contribution in [0.1, 0.15) is 49.8 Å². The number of carbonyl (C=O) groups is 1. The van der Waals surface area contributed by atoms with Crippen molar-refractivity contribution < 1.29 is 28.2 Å². The average molecular weight is 469 g/mol. The second-order valence-electron chi connectivity index (χ2n) is 8.96. The minimum atomic E-state index is -0.992. The fraction of sp³-hybridized carbons (Fsp3) is 0.360. The van der Waals surface area contributed by atoms with Gasteiger partial charge < -0.3 is 19.1 Å². The number of aliphatic carboxylic acids is 1. The molecule has 2 N–H and O–H groups in total. The fourth-order valence-corrected chi connectivity index (χ4v) is 5.07. The number of carboxylic acid groups (broad SMARTS) is 1. The number of hydrogen-bond acceptors (Lipinski definition) is 4. The fourth-order valence-electron chi connectivity index (χ4n) is 5.07. The van der Waals surface area contributed by atoms with Crippen LogP contribution in [0.4, 0.5) is 8.78 Å². The number of H-pyrrole nitrogens is 1. The zero-order valence-corrected chi connectivity index (χ0v) is 19.1. The lowest BCUT2D eigenvalue weighted by molar-refractivity contribution is -0.153. The Labute approximate surface area is 194 Å². The van der Waals surface area contributed by atoms with Crippen molar-refractivity contribution in [1.82, 2.24) is 14.8 Å². The van der Waals surface area contributed by atoms with E-state index in [0.717, 1.165) is 11.3 Å². The predicted octanol–water partition coefficient (Wildman–Crippen LogP) is 5.26. The van der Waals surface area contributed by atoms with Gasteiger partial charge in [0.05, 0.1) is 25.4 Å². The van der Waals surface area contributed by atoms with Gasteiger partial charge in [0.1, 0.15) is 5.52 Å². The van der Waals surface area contributed by atoms with Crippen LogP contribution in [0.2, 0.25) is 0 Å². The van der Waals surface area contributed by atoms with Crippen molar-refractivity contribution in [1.29, 1.82) is 0 Å². The molecule has 2 atom stereocenters. The number of carboxylic acids is 1. The Morgan fingerprint density at radius 1 is 1.29 bits per heavy atom. The first-order valence-electron chi connectivity index (χ1n) is 11.2. The normalized spacial score (nSPS) is 18.8. The van der Waals surface area contributed by atoms with Gasteiger partial charge in [-0.25, -0.2) is 13.6 Å². The summed E-state index contributed by atoms with van der Waals surface area (Å²) in [6, 6.07) is 6.44. The predicted molar refractivity (Wildman–Crippen MR) is 123 cm³/mol. The minimum Gasteiger partial charge on any atom is -0.494 e. The van der Waals surface area contributed by atoms with Gasteiger partial charge in [0.2, 0.25) is 0 Å². The molecule has 2 aromatic carbocycles. The number of halogens is 2. The maximum absolute atomic E-state index is 16.0. The van der Waals surface area contributed by atoms with Crippen molar-refractivity contribution in [2.45, 2.75) is 44.6 Å². The zero-order valence-electron chi connectivity index (χ0n) is 19.1. The molecule has 0 amide bonds. The number of methoxy groups -OCH3 is 1. The lowest BCUT2D eigenvalue weighted by Gasteiger charge is -2.28. The Kier molecular flexibility index (Phi) is 5.51. The van der Waals surface area contributed by atoms with Gasteiger partial charge >= 0.3 is 5.97 Å². The second kappa shape index (κ2) is 8.39. The third-order valence-electron chi connectivity index (χ3n) is 6.58. The average Bonchev–Trinajstić information content (AvgIpc) is 3.43. The van der Waals surface area contributed by atoms with Gasteiger partial charge in [0.25, 0.3) is 0 Å². The first-order chi connectivity index (χ1) is 16.3. The number of aromatic nitrogens is 3. The molecular weight excluding hydrogens is 444 g/mol. The smallest absolute Gasteiger partial charge is 0.332 e. The number of ether oxygens (including phenoxy) is 2. The van der Waals surface area contributed by atoms with Gasteiger partial charge in [-0.05, 0) is 42.5 Å². The lowest BCUT2D eigenvalue weighted by atomic mass is 9.86. The number of benzene rings is 2. The molecule has 4 aromatic rings. The highest BCUT2D eigenvalue weighted by molar-refractivity contribution is 6.00. The van der Waals surface area contributed by atoms with Crippen molar-refractivity contribution in [3.63, 3.8) is 0 Å². The first-order valence-corrected chi connectivity index (χ1v) is 11.2. The van der Waals surface area contributed by atoms with E-state index >= 15 is 4.39 Å². The summed E-state index contributed by atoms with van der Waals surface area (Å²) in [6.45, 7) is 4.21. The van der Waals surface area contributed by atoms with Crippen molar-refractivity contribution in [3.05, 3.63) is 53.4 Å². The summed E-state index contributed by atoms with van der Waals surface area (Å²) in [6.07, 6.45) is 1.58. The highest BCUT2D eigenvalue weighted by atomic mass is 19.1. The Balaban J connectivity index is 1.82. The van der Waals surface area contributed by atoms with Gasteiger partial charge in [0.15, 0.2) is 23.5 Å². The Morgan fingerprint density at radius 3 is 2.74 bits per heavy atom. The van der Waals surface area contributed by atoms with Crippen LogP contribution >= 0.6 is 0 Å². The Bertz CT molecular complexity index is 1400. The molecule has 0 aliphatic carbocycles. The van der Waals surface area contributed by atoms with E-state index < -0.39 is 23.7 Å². The summed E-state index contributed by atoms with van der Waals surface area (Å²) < 4.78 is 43.0. The third kappa shape index (κ3) is 3.42. The van der Waals surface area contributed by atoms with Crippen LogP contribution in [0.3, 0.4) is 0 Å². The lowest BCUT2D eigenvalue weighted by Crippen LogP contribution is -2.31. The Hall–Kier alpha value is -3.46. The molecule has 1 aliphatic rings. The summed E-state index contributed by atoms with van der Waals surface area (Å²) in [7, 11) is 1.40. The Morgan fingerprint density at radius 2 is 2.09 bits per heavy atom. The molecule has 3 heterocycles. The largest absolute Gasteiger partial charge is 0.494 e. The molecule has 0 bridgehead atoms. The SMILES string of the molecule is COc1cc(-n2c(C(C)C)c([C@H]3CCC(C(=O)O)OC3)c3c(F)c4[nH]ncc4cc32)ccc1F. The highest BCUT2D eigenvalue weighted by Crippen LogP contribution is 2.44. The van der Waals surface area contributed by atoms with Crippen LogP contribution in [0.25, 0.3) is 27.5 Å². The molecule has 5 rings (SSSR count). The van der Waals surface area contributed by atoms with E-state index in [1.165, 1.54) is 13.2 Å². The van der Waals surface area contributed by atoms with E-state index in [9.17, 15) is 14.3 Å². The van der Waals surface area contributed by atoms with Gasteiger partial charge in [-0.3, -0.25) is 5.10 Å². The molecular formula is C25H25F2N3O4. The van der Waals surface area contributed by atoms with E-state index in [2.05, 4.69) is 10.2 Å². The van der Waals surface area contributed by atoms with E-state index in [4.69, 9.17) is 9.47 Å². The maximum atomic E-state index is 16.0. The number of aromatic amines is 1. The molecule has 1 fully saturated rings. The van der Waals surface area contributed by atoms with Crippen molar-refractivity contribution in [2.75, 3.05) is 13.7 Å². The highest BCUT2D eigenvalue weighted by Gasteiger charge is 2.34. The second-order valence-corrected chi connectivity index (χ2v) is 8.96. The molecule has 1 saturated heterocycles. The summed E-state index contributed by atoms with van der Waals surface area (Å²) in [4.78, 5) is 11.4. The number of fused-ring (bicyclic) bond motifs is 2. The summed E-state index contributed by atoms with van der Waals surface area (Å²) in [5.74, 6) is -2.03. The molecule has 2 aromatic heterocycles. The summed E-state index contributed by atoms with van der Waals surface area (Å²) in [5.41, 5.74) is 3.22. The van der Waals surface area contributed by atoms with Gasteiger partial charge in [-0.2, -0.15) is 5.10 Å². The maximum Gasteiger partial charge on any atom is 0.332 e. The molecule has 9 heteroatoms. The van der Waals surface area contributed by atoms with E-state index in [1.807, 2.05) is 24.5 Å². The van der Waals surface area contributed by atoms with E-state index in [-0.39, 0.29) is 24.2 Å². The van der Waals surface area contributed by atoms with Crippen LogP contribution in [-0.4, -0.2) is 45.7 Å². The molecule has 1 aliphatic heterocycles. The zero-order chi connectivity index (χ0) is 24.1. The number of rotatable bonds is 5. The first kappa shape index (κ1) is 22.3. The molecule has 0 saturated carbocycles. The molecule has 1 unspecified atom stereocenters. The summed E-state index contributed by atoms with van der Waals surface area (Å²) in [5, 5.41) is 17.1. The van der Waals surface area contributed by atoms with Crippen LogP contribution in [-0.2, 0) is 9.53 Å². The minimum absolute atomic E-state index is 0.0217.